The molecule has 3 rings (SSSR count). The summed E-state index contributed by atoms with van der Waals surface area (Å²) in [5.74, 6) is 2.50. The van der Waals surface area contributed by atoms with Crippen molar-refractivity contribution in [2.75, 3.05) is 5.32 Å². The highest BCUT2D eigenvalue weighted by Gasteiger charge is 2.08. The number of nitrogens with one attached hydrogen (secondary N) is 1. The zero-order chi connectivity index (χ0) is 19.2. The van der Waals surface area contributed by atoms with Crippen molar-refractivity contribution in [1.82, 2.24) is 9.55 Å². The average molecular weight is 355 g/mol. The van der Waals surface area contributed by atoms with E-state index < -0.39 is 0 Å². The van der Waals surface area contributed by atoms with Gasteiger partial charge in [0, 0.05) is 36.3 Å². The van der Waals surface area contributed by atoms with Gasteiger partial charge < -0.3 is 9.88 Å². The molecule has 1 amide bonds. The van der Waals surface area contributed by atoms with Gasteiger partial charge in [0.1, 0.15) is 0 Å². The lowest BCUT2D eigenvalue weighted by atomic mass is 10.1. The lowest BCUT2D eigenvalue weighted by Crippen LogP contribution is -2.11. The minimum Gasteiger partial charge on any atom is -0.331 e. The van der Waals surface area contributed by atoms with E-state index >= 15 is 0 Å². The molecule has 0 unspecified atom stereocenters. The smallest absolute Gasteiger partial charge is 0.255 e. The fourth-order valence-electron chi connectivity index (χ4n) is 2.45. The highest BCUT2D eigenvalue weighted by Crippen LogP contribution is 2.12. The van der Waals surface area contributed by atoms with E-state index in [-0.39, 0.29) is 11.7 Å². The van der Waals surface area contributed by atoms with E-state index in [0.717, 1.165) is 11.1 Å². The highest BCUT2D eigenvalue weighted by molar-refractivity contribution is 6.05. The number of ketones is 1. The largest absolute Gasteiger partial charge is 0.331 e. The van der Waals surface area contributed by atoms with E-state index in [0.29, 0.717) is 17.1 Å². The second kappa shape index (κ2) is 7.98. The summed E-state index contributed by atoms with van der Waals surface area (Å²) in [6, 6.07) is 14.0. The van der Waals surface area contributed by atoms with Crippen molar-refractivity contribution in [3.63, 3.8) is 0 Å². The zero-order valence-electron chi connectivity index (χ0n) is 14.7. The number of amides is 1. The lowest BCUT2D eigenvalue weighted by molar-refractivity contribution is 0.102. The fourth-order valence-corrected chi connectivity index (χ4v) is 2.45. The number of aromatic nitrogens is 2. The number of hydrogen-bond donors (Lipinski definition) is 1. The Morgan fingerprint density at radius 3 is 2.41 bits per heavy atom. The zero-order valence-corrected chi connectivity index (χ0v) is 14.7. The van der Waals surface area contributed by atoms with Crippen LogP contribution in [0.3, 0.4) is 0 Å². The molecular formula is C22H17N3O2. The number of carbonyl (C=O) groups is 2. The number of nitrogens with zero attached hydrogens (tertiary/aromatic N) is 2. The number of carbonyl (C=O) groups excluding carboxylic acids is 2. The Labute approximate surface area is 157 Å². The molecule has 5 heteroatoms. The minimum atomic E-state index is -0.219. The van der Waals surface area contributed by atoms with Crippen LogP contribution in [0.1, 0.15) is 32.1 Å². The van der Waals surface area contributed by atoms with Crippen LogP contribution in [0.2, 0.25) is 0 Å². The number of imidazole rings is 1. The van der Waals surface area contributed by atoms with Gasteiger partial charge in [0.05, 0.1) is 0 Å². The maximum atomic E-state index is 12.3. The van der Waals surface area contributed by atoms with Gasteiger partial charge in [-0.15, -0.1) is 6.42 Å². The van der Waals surface area contributed by atoms with E-state index in [9.17, 15) is 9.59 Å². The molecular weight excluding hydrogens is 338 g/mol. The van der Waals surface area contributed by atoms with Crippen LogP contribution in [-0.2, 0) is 7.05 Å². The van der Waals surface area contributed by atoms with Crippen molar-refractivity contribution in [2.24, 2.45) is 7.05 Å². The molecule has 5 nitrogen and oxygen atoms in total. The molecule has 3 aromatic rings. The van der Waals surface area contributed by atoms with Crippen LogP contribution in [0, 0.1) is 12.3 Å². The predicted molar refractivity (Wildman–Crippen MR) is 105 cm³/mol. The maximum absolute atomic E-state index is 12.3. The van der Waals surface area contributed by atoms with Crippen molar-refractivity contribution in [3.8, 4) is 12.3 Å². The van der Waals surface area contributed by atoms with Crippen LogP contribution >= 0.6 is 0 Å². The van der Waals surface area contributed by atoms with Gasteiger partial charge in [-0.25, -0.2) is 4.98 Å². The number of anilines is 1. The second-order valence-corrected chi connectivity index (χ2v) is 5.86. The first-order valence-electron chi connectivity index (χ1n) is 8.24. The normalized spacial score (nSPS) is 10.5. The molecule has 0 aliphatic rings. The molecule has 0 fully saturated rings. The summed E-state index contributed by atoms with van der Waals surface area (Å²) < 4.78 is 1.66. The molecule has 0 bridgehead atoms. The van der Waals surface area contributed by atoms with Crippen LogP contribution in [0.15, 0.2) is 67.0 Å². The van der Waals surface area contributed by atoms with Crippen molar-refractivity contribution in [1.29, 1.82) is 0 Å². The van der Waals surface area contributed by atoms with Gasteiger partial charge in [0.2, 0.25) is 5.78 Å². The molecule has 27 heavy (non-hydrogen) atoms. The van der Waals surface area contributed by atoms with Gasteiger partial charge in [-0.3, -0.25) is 9.59 Å². The summed E-state index contributed by atoms with van der Waals surface area (Å²) in [5, 5.41) is 2.81. The number of terminal acetylenes is 1. The maximum Gasteiger partial charge on any atom is 0.255 e. The van der Waals surface area contributed by atoms with Crippen LogP contribution in [0.5, 0.6) is 0 Å². The van der Waals surface area contributed by atoms with E-state index in [1.54, 1.807) is 78.6 Å². The molecule has 132 valence electrons. The first-order valence-corrected chi connectivity index (χ1v) is 8.24. The van der Waals surface area contributed by atoms with Crippen LogP contribution in [-0.4, -0.2) is 21.2 Å². The molecule has 0 radical (unpaired) electrons. The molecule has 0 aliphatic carbocycles. The van der Waals surface area contributed by atoms with Crippen LogP contribution in [0.25, 0.3) is 6.08 Å². The topological polar surface area (TPSA) is 64.0 Å². The standard InChI is InChI=1S/C22H17N3O2/c1-3-16-6-11-19(12-7-16)24-22(27)18-9-4-17(5-10-18)8-13-20(26)21-23-14-15-25(21)2/h1,4-15H,2H3,(H,24,27)/b13-8+. The third kappa shape index (κ3) is 4.39. The SMILES string of the molecule is C#Cc1ccc(NC(=O)c2ccc(/C=C/C(=O)c3nccn3C)cc2)cc1. The fraction of sp³-hybridized carbons (Fsp3) is 0.0455. The van der Waals surface area contributed by atoms with E-state index in [1.165, 1.54) is 6.08 Å². The molecule has 1 N–H and O–H groups in total. The van der Waals surface area contributed by atoms with Crippen molar-refractivity contribution in [3.05, 3.63) is 89.5 Å². The Balaban J connectivity index is 1.65. The number of allylic oxidation sites excluding steroid dienone is 1. The lowest BCUT2D eigenvalue weighted by Gasteiger charge is -2.05. The third-order valence-electron chi connectivity index (χ3n) is 3.95. The second-order valence-electron chi connectivity index (χ2n) is 5.86. The predicted octanol–water partition coefficient (Wildman–Crippen LogP) is 3.55. The summed E-state index contributed by atoms with van der Waals surface area (Å²) >= 11 is 0. The molecule has 1 heterocycles. The molecule has 2 aromatic carbocycles. The first-order chi connectivity index (χ1) is 13.1. The first kappa shape index (κ1) is 17.9. The summed E-state index contributed by atoms with van der Waals surface area (Å²) in [4.78, 5) is 28.4. The van der Waals surface area contributed by atoms with Gasteiger partial charge >= 0.3 is 0 Å². The van der Waals surface area contributed by atoms with Gasteiger partial charge in [-0.2, -0.15) is 0 Å². The van der Waals surface area contributed by atoms with E-state index in [1.807, 2.05) is 0 Å². The van der Waals surface area contributed by atoms with Crippen molar-refractivity contribution < 1.29 is 9.59 Å². The molecule has 0 spiro atoms. The van der Waals surface area contributed by atoms with E-state index in [4.69, 9.17) is 6.42 Å². The quantitative estimate of drug-likeness (QED) is 0.432. The number of rotatable bonds is 5. The molecule has 0 saturated heterocycles. The number of benzene rings is 2. The van der Waals surface area contributed by atoms with Crippen LogP contribution < -0.4 is 5.32 Å². The Bertz CT molecular complexity index is 1040. The van der Waals surface area contributed by atoms with Gasteiger partial charge in [-0.1, -0.05) is 24.1 Å². The Morgan fingerprint density at radius 2 is 1.81 bits per heavy atom. The third-order valence-corrected chi connectivity index (χ3v) is 3.95. The average Bonchev–Trinajstić information content (AvgIpc) is 3.13. The number of hydrogen-bond acceptors (Lipinski definition) is 3. The summed E-state index contributed by atoms with van der Waals surface area (Å²) in [6.07, 6.45) is 11.8. The van der Waals surface area contributed by atoms with Gasteiger partial charge in [-0.05, 0) is 48.0 Å². The molecule has 0 aliphatic heterocycles. The number of aryl methyl sites for hydroxylation is 1. The van der Waals surface area contributed by atoms with E-state index in [2.05, 4.69) is 16.2 Å². The minimum absolute atomic E-state index is 0.181. The van der Waals surface area contributed by atoms with Crippen molar-refractivity contribution in [2.45, 2.75) is 0 Å². The molecule has 1 aromatic heterocycles. The highest BCUT2D eigenvalue weighted by atomic mass is 16.1. The van der Waals surface area contributed by atoms with Gasteiger partial charge in [0.25, 0.3) is 5.91 Å². The Morgan fingerprint density at radius 1 is 1.11 bits per heavy atom. The summed E-state index contributed by atoms with van der Waals surface area (Å²) in [5.41, 5.74) is 2.75. The van der Waals surface area contributed by atoms with Gasteiger partial charge in [0.15, 0.2) is 5.82 Å². The summed E-state index contributed by atoms with van der Waals surface area (Å²) in [6.45, 7) is 0. The molecule has 0 saturated carbocycles. The Hall–Kier alpha value is -3.91. The van der Waals surface area contributed by atoms with Crippen LogP contribution in [0.4, 0.5) is 5.69 Å². The van der Waals surface area contributed by atoms with Crippen molar-refractivity contribution >= 4 is 23.5 Å². The summed E-state index contributed by atoms with van der Waals surface area (Å²) in [7, 11) is 1.77. The monoisotopic (exact) mass is 355 g/mol. The Kier molecular flexibility index (Phi) is 5.29. The molecule has 0 atom stereocenters.